The van der Waals surface area contributed by atoms with Gasteiger partial charge in [0.2, 0.25) is 5.91 Å². The standard InChI is InChI=1S/C15H19F3N2O.ClH/c16-15(17,18)13(11-5-2-1-3-6-11)9-14(21)20-8-4-7-12(19)10-20;/h1-3,5-6,12-13H,4,7-10,19H2;1H. The summed E-state index contributed by atoms with van der Waals surface area (Å²) in [7, 11) is 0. The van der Waals surface area contributed by atoms with Gasteiger partial charge in [0.25, 0.3) is 0 Å². The number of carbonyl (C=O) groups excluding carboxylic acids is 1. The zero-order chi connectivity index (χ0) is 15.5. The Bertz CT molecular complexity index is 481. The van der Waals surface area contributed by atoms with Crippen molar-refractivity contribution >= 4 is 18.3 Å². The van der Waals surface area contributed by atoms with Gasteiger partial charge in [0.1, 0.15) is 0 Å². The van der Waals surface area contributed by atoms with E-state index >= 15 is 0 Å². The minimum atomic E-state index is -4.44. The Morgan fingerprint density at radius 2 is 1.95 bits per heavy atom. The molecule has 0 radical (unpaired) electrons. The predicted molar refractivity (Wildman–Crippen MR) is 80.9 cm³/mol. The third-order valence-corrected chi connectivity index (χ3v) is 3.79. The number of piperidine rings is 1. The van der Waals surface area contributed by atoms with E-state index in [1.165, 1.54) is 17.0 Å². The number of hydrogen-bond donors (Lipinski definition) is 1. The molecule has 1 saturated heterocycles. The Morgan fingerprint density at radius 1 is 1.32 bits per heavy atom. The van der Waals surface area contributed by atoms with E-state index < -0.39 is 24.4 Å². The summed E-state index contributed by atoms with van der Waals surface area (Å²) in [5.41, 5.74) is 5.90. The van der Waals surface area contributed by atoms with E-state index in [4.69, 9.17) is 5.73 Å². The molecule has 0 spiro atoms. The SMILES string of the molecule is Cl.NC1CCCN(C(=O)CC(c2ccccc2)C(F)(F)F)C1. The molecule has 22 heavy (non-hydrogen) atoms. The second-order valence-corrected chi connectivity index (χ2v) is 5.45. The van der Waals surface area contributed by atoms with Gasteiger partial charge in [-0.2, -0.15) is 13.2 Å². The van der Waals surface area contributed by atoms with Crippen LogP contribution in [0, 0.1) is 0 Å². The molecule has 7 heteroatoms. The van der Waals surface area contributed by atoms with E-state index in [0.717, 1.165) is 12.8 Å². The van der Waals surface area contributed by atoms with E-state index in [1.54, 1.807) is 18.2 Å². The Morgan fingerprint density at radius 3 is 2.50 bits per heavy atom. The highest BCUT2D eigenvalue weighted by Crippen LogP contribution is 2.37. The van der Waals surface area contributed by atoms with Crippen LogP contribution in [-0.4, -0.2) is 36.1 Å². The second-order valence-electron chi connectivity index (χ2n) is 5.45. The molecule has 3 nitrogen and oxygen atoms in total. The van der Waals surface area contributed by atoms with Crippen LogP contribution in [0.15, 0.2) is 30.3 Å². The molecule has 1 amide bonds. The van der Waals surface area contributed by atoms with E-state index in [2.05, 4.69) is 0 Å². The number of rotatable bonds is 3. The van der Waals surface area contributed by atoms with Crippen LogP contribution in [0.1, 0.15) is 30.7 Å². The van der Waals surface area contributed by atoms with Crippen molar-refractivity contribution in [3.63, 3.8) is 0 Å². The molecule has 2 N–H and O–H groups in total. The quantitative estimate of drug-likeness (QED) is 0.922. The zero-order valence-corrected chi connectivity index (χ0v) is 12.9. The summed E-state index contributed by atoms with van der Waals surface area (Å²) < 4.78 is 39.6. The van der Waals surface area contributed by atoms with Crippen LogP contribution < -0.4 is 5.73 Å². The van der Waals surface area contributed by atoms with Gasteiger partial charge < -0.3 is 10.6 Å². The number of nitrogens with zero attached hydrogens (tertiary/aromatic N) is 1. The first-order valence-corrected chi connectivity index (χ1v) is 7.03. The summed E-state index contributed by atoms with van der Waals surface area (Å²) in [5.74, 6) is -2.24. The molecular formula is C15H20ClF3N2O. The van der Waals surface area contributed by atoms with Gasteiger partial charge in [-0.15, -0.1) is 12.4 Å². The van der Waals surface area contributed by atoms with Crippen molar-refractivity contribution in [3.05, 3.63) is 35.9 Å². The van der Waals surface area contributed by atoms with Crippen LogP contribution in [0.3, 0.4) is 0 Å². The van der Waals surface area contributed by atoms with Gasteiger partial charge in [-0.1, -0.05) is 30.3 Å². The minimum Gasteiger partial charge on any atom is -0.341 e. The molecular weight excluding hydrogens is 317 g/mol. The first-order valence-electron chi connectivity index (χ1n) is 7.03. The van der Waals surface area contributed by atoms with Crippen molar-refractivity contribution in [3.8, 4) is 0 Å². The number of halogens is 4. The van der Waals surface area contributed by atoms with Crippen LogP contribution >= 0.6 is 12.4 Å². The number of likely N-dealkylation sites (tertiary alicyclic amines) is 1. The topological polar surface area (TPSA) is 46.3 Å². The molecule has 124 valence electrons. The maximum atomic E-state index is 13.2. The van der Waals surface area contributed by atoms with Gasteiger partial charge in [-0.05, 0) is 18.4 Å². The number of benzene rings is 1. The van der Waals surface area contributed by atoms with Crippen LogP contribution in [0.2, 0.25) is 0 Å². The lowest BCUT2D eigenvalue weighted by atomic mass is 9.94. The van der Waals surface area contributed by atoms with E-state index in [9.17, 15) is 18.0 Å². The molecule has 1 aliphatic rings. The highest BCUT2D eigenvalue weighted by molar-refractivity contribution is 5.85. The lowest BCUT2D eigenvalue weighted by molar-refractivity contribution is -0.161. The number of alkyl halides is 3. The van der Waals surface area contributed by atoms with Gasteiger partial charge >= 0.3 is 6.18 Å². The number of hydrogen-bond acceptors (Lipinski definition) is 2. The summed E-state index contributed by atoms with van der Waals surface area (Å²) in [6, 6.07) is 7.44. The predicted octanol–water partition coefficient (Wildman–Crippen LogP) is 3.09. The minimum absolute atomic E-state index is 0. The molecule has 0 aliphatic carbocycles. The third-order valence-electron chi connectivity index (χ3n) is 3.79. The van der Waals surface area contributed by atoms with Crippen molar-refractivity contribution in [2.24, 2.45) is 5.73 Å². The molecule has 1 heterocycles. The molecule has 1 aromatic rings. The van der Waals surface area contributed by atoms with Crippen molar-refractivity contribution < 1.29 is 18.0 Å². The fraction of sp³-hybridized carbons (Fsp3) is 0.533. The third kappa shape index (κ3) is 4.88. The smallest absolute Gasteiger partial charge is 0.341 e. The van der Waals surface area contributed by atoms with Crippen molar-refractivity contribution in [1.29, 1.82) is 0 Å². The van der Waals surface area contributed by atoms with Gasteiger partial charge in [0.05, 0.1) is 5.92 Å². The highest BCUT2D eigenvalue weighted by atomic mass is 35.5. The summed E-state index contributed by atoms with van der Waals surface area (Å²) in [6.45, 7) is 0.837. The first kappa shape index (κ1) is 18.8. The number of nitrogens with two attached hydrogens (primary N) is 1. The summed E-state index contributed by atoms with van der Waals surface area (Å²) in [4.78, 5) is 13.6. The lowest BCUT2D eigenvalue weighted by Crippen LogP contribution is -2.46. The Balaban J connectivity index is 0.00000242. The van der Waals surface area contributed by atoms with Gasteiger partial charge in [-0.3, -0.25) is 4.79 Å². The average molecular weight is 337 g/mol. The summed E-state index contributed by atoms with van der Waals surface area (Å²) in [5, 5.41) is 0. The maximum Gasteiger partial charge on any atom is 0.396 e. The molecule has 2 rings (SSSR count). The highest BCUT2D eigenvalue weighted by Gasteiger charge is 2.42. The van der Waals surface area contributed by atoms with Gasteiger partial charge in [0.15, 0.2) is 0 Å². The summed E-state index contributed by atoms with van der Waals surface area (Å²) in [6.07, 6.45) is -3.44. The van der Waals surface area contributed by atoms with Gasteiger partial charge in [0, 0.05) is 25.6 Å². The van der Waals surface area contributed by atoms with E-state index in [1.807, 2.05) is 0 Å². The van der Waals surface area contributed by atoms with Crippen LogP contribution in [0.5, 0.6) is 0 Å². The maximum absolute atomic E-state index is 13.2. The molecule has 2 unspecified atom stereocenters. The molecule has 1 aliphatic heterocycles. The van der Waals surface area contributed by atoms with Gasteiger partial charge in [-0.25, -0.2) is 0 Å². The Kier molecular flexibility index (Phi) is 6.68. The molecule has 1 fully saturated rings. The van der Waals surface area contributed by atoms with Crippen molar-refractivity contribution in [2.75, 3.05) is 13.1 Å². The van der Waals surface area contributed by atoms with Crippen LogP contribution in [0.25, 0.3) is 0 Å². The molecule has 0 bridgehead atoms. The fourth-order valence-electron chi connectivity index (χ4n) is 2.65. The van der Waals surface area contributed by atoms with Crippen molar-refractivity contribution in [1.82, 2.24) is 4.90 Å². The summed E-state index contributed by atoms with van der Waals surface area (Å²) >= 11 is 0. The molecule has 1 aromatic carbocycles. The van der Waals surface area contributed by atoms with Crippen molar-refractivity contribution in [2.45, 2.75) is 37.4 Å². The lowest BCUT2D eigenvalue weighted by Gasteiger charge is -2.32. The molecule has 0 aromatic heterocycles. The van der Waals surface area contributed by atoms with E-state index in [0.29, 0.717) is 13.1 Å². The van der Waals surface area contributed by atoms with E-state index in [-0.39, 0.29) is 24.0 Å². The Labute approximate surface area is 134 Å². The van der Waals surface area contributed by atoms with Crippen LogP contribution in [0.4, 0.5) is 13.2 Å². The fourth-order valence-corrected chi connectivity index (χ4v) is 2.65. The van der Waals surface area contributed by atoms with Crippen LogP contribution in [-0.2, 0) is 4.79 Å². The normalized spacial score (nSPS) is 20.2. The Hall–Kier alpha value is -1.27. The monoisotopic (exact) mass is 336 g/mol. The second kappa shape index (κ2) is 7.83. The average Bonchev–Trinajstić information content (AvgIpc) is 2.44. The zero-order valence-electron chi connectivity index (χ0n) is 12.1. The number of carbonyl (C=O) groups is 1. The first-order chi connectivity index (χ1) is 9.88. The number of amides is 1. The molecule has 0 saturated carbocycles. The molecule has 2 atom stereocenters. The largest absolute Gasteiger partial charge is 0.396 e.